The Labute approximate surface area is 104 Å². The molecule has 17 heavy (non-hydrogen) atoms. The topological polar surface area (TPSA) is 28.2 Å². The molecule has 0 saturated carbocycles. The van der Waals surface area contributed by atoms with Gasteiger partial charge in [-0.25, -0.2) is 0 Å². The van der Waals surface area contributed by atoms with Crippen LogP contribution < -0.4 is 5.32 Å². The van der Waals surface area contributed by atoms with E-state index < -0.39 is 0 Å². The second kappa shape index (κ2) is 6.12. The summed E-state index contributed by atoms with van der Waals surface area (Å²) in [6.45, 7) is 10.2. The SMILES string of the molecule is CCN(Cc1ccccn1)C[C@@H]1CNC[C@H]1C. The van der Waals surface area contributed by atoms with Gasteiger partial charge in [0.15, 0.2) is 0 Å². The van der Waals surface area contributed by atoms with Crippen LogP contribution in [0.4, 0.5) is 0 Å². The van der Waals surface area contributed by atoms with Gasteiger partial charge >= 0.3 is 0 Å². The largest absolute Gasteiger partial charge is 0.316 e. The molecule has 3 nitrogen and oxygen atoms in total. The van der Waals surface area contributed by atoms with Crippen LogP contribution in [0.15, 0.2) is 24.4 Å². The molecule has 0 unspecified atom stereocenters. The van der Waals surface area contributed by atoms with Crippen LogP contribution >= 0.6 is 0 Å². The Morgan fingerprint density at radius 3 is 2.88 bits per heavy atom. The first-order chi connectivity index (χ1) is 8.29. The molecule has 0 aliphatic carbocycles. The molecule has 3 heteroatoms. The fourth-order valence-electron chi connectivity index (χ4n) is 2.47. The molecule has 1 aromatic heterocycles. The molecule has 2 rings (SSSR count). The monoisotopic (exact) mass is 233 g/mol. The quantitative estimate of drug-likeness (QED) is 0.840. The zero-order valence-electron chi connectivity index (χ0n) is 10.9. The average molecular weight is 233 g/mol. The number of nitrogens with one attached hydrogen (secondary N) is 1. The number of pyridine rings is 1. The Hall–Kier alpha value is -0.930. The number of nitrogens with zero attached hydrogens (tertiary/aromatic N) is 2. The molecule has 1 N–H and O–H groups in total. The highest BCUT2D eigenvalue weighted by Crippen LogP contribution is 2.17. The maximum Gasteiger partial charge on any atom is 0.0543 e. The van der Waals surface area contributed by atoms with Crippen molar-refractivity contribution in [1.82, 2.24) is 15.2 Å². The van der Waals surface area contributed by atoms with Crippen molar-refractivity contribution in [2.75, 3.05) is 26.2 Å². The predicted octanol–water partition coefficient (Wildman–Crippen LogP) is 1.76. The van der Waals surface area contributed by atoms with Gasteiger partial charge in [0.1, 0.15) is 0 Å². The van der Waals surface area contributed by atoms with E-state index in [1.54, 1.807) is 0 Å². The van der Waals surface area contributed by atoms with Gasteiger partial charge in [-0.2, -0.15) is 0 Å². The minimum atomic E-state index is 0.790. The van der Waals surface area contributed by atoms with Crippen molar-refractivity contribution in [3.8, 4) is 0 Å². The molecule has 0 bridgehead atoms. The predicted molar refractivity (Wildman–Crippen MR) is 70.7 cm³/mol. The van der Waals surface area contributed by atoms with E-state index in [2.05, 4.69) is 41.2 Å². The average Bonchev–Trinajstić information content (AvgIpc) is 2.75. The minimum absolute atomic E-state index is 0.790. The van der Waals surface area contributed by atoms with E-state index in [0.717, 1.165) is 24.9 Å². The summed E-state index contributed by atoms with van der Waals surface area (Å²) in [6, 6.07) is 6.15. The van der Waals surface area contributed by atoms with Crippen molar-refractivity contribution in [2.24, 2.45) is 11.8 Å². The Kier molecular flexibility index (Phi) is 4.51. The smallest absolute Gasteiger partial charge is 0.0543 e. The third-order valence-electron chi connectivity index (χ3n) is 3.73. The van der Waals surface area contributed by atoms with Crippen molar-refractivity contribution in [1.29, 1.82) is 0 Å². The maximum absolute atomic E-state index is 4.40. The maximum atomic E-state index is 4.40. The summed E-state index contributed by atoms with van der Waals surface area (Å²) in [5, 5.41) is 3.47. The number of aromatic nitrogens is 1. The van der Waals surface area contributed by atoms with E-state index in [-0.39, 0.29) is 0 Å². The standard InChI is InChI=1S/C14H23N3/c1-3-17(10-13-9-15-8-12(13)2)11-14-6-4-5-7-16-14/h4-7,12-13,15H,3,8-11H2,1-2H3/t12-,13+/m1/s1. The van der Waals surface area contributed by atoms with Crippen molar-refractivity contribution < 1.29 is 0 Å². The van der Waals surface area contributed by atoms with Crippen LogP contribution in [-0.4, -0.2) is 36.1 Å². The second-order valence-electron chi connectivity index (χ2n) is 5.04. The first-order valence-corrected chi connectivity index (χ1v) is 6.62. The highest BCUT2D eigenvalue weighted by Gasteiger charge is 2.24. The van der Waals surface area contributed by atoms with E-state index in [4.69, 9.17) is 0 Å². The molecule has 1 aliphatic rings. The third-order valence-corrected chi connectivity index (χ3v) is 3.73. The highest BCUT2D eigenvalue weighted by molar-refractivity contribution is 5.03. The van der Waals surface area contributed by atoms with Gasteiger partial charge in [0, 0.05) is 19.3 Å². The molecule has 0 aromatic carbocycles. The summed E-state index contributed by atoms with van der Waals surface area (Å²) in [7, 11) is 0. The summed E-state index contributed by atoms with van der Waals surface area (Å²) in [5.41, 5.74) is 1.17. The van der Waals surface area contributed by atoms with Gasteiger partial charge in [-0.3, -0.25) is 9.88 Å². The van der Waals surface area contributed by atoms with E-state index in [9.17, 15) is 0 Å². The molecule has 0 spiro atoms. The fraction of sp³-hybridized carbons (Fsp3) is 0.643. The molecular weight excluding hydrogens is 210 g/mol. The summed E-state index contributed by atoms with van der Waals surface area (Å²) < 4.78 is 0. The molecule has 0 amide bonds. The van der Waals surface area contributed by atoms with E-state index in [1.165, 1.54) is 25.3 Å². The van der Waals surface area contributed by atoms with Gasteiger partial charge in [0.05, 0.1) is 5.69 Å². The second-order valence-corrected chi connectivity index (χ2v) is 5.04. The van der Waals surface area contributed by atoms with Crippen molar-refractivity contribution >= 4 is 0 Å². The molecule has 1 saturated heterocycles. The normalized spacial score (nSPS) is 24.4. The Morgan fingerprint density at radius 1 is 1.41 bits per heavy atom. The molecule has 1 fully saturated rings. The summed E-state index contributed by atoms with van der Waals surface area (Å²) in [4.78, 5) is 6.90. The van der Waals surface area contributed by atoms with Crippen LogP contribution in [0.2, 0.25) is 0 Å². The van der Waals surface area contributed by atoms with Crippen molar-refractivity contribution in [3.63, 3.8) is 0 Å². The highest BCUT2D eigenvalue weighted by atomic mass is 15.1. The summed E-state index contributed by atoms with van der Waals surface area (Å²) >= 11 is 0. The lowest BCUT2D eigenvalue weighted by Crippen LogP contribution is -2.32. The van der Waals surface area contributed by atoms with E-state index >= 15 is 0 Å². The molecule has 1 aliphatic heterocycles. The Morgan fingerprint density at radius 2 is 2.29 bits per heavy atom. The van der Waals surface area contributed by atoms with Gasteiger partial charge < -0.3 is 5.32 Å². The first-order valence-electron chi connectivity index (χ1n) is 6.62. The molecule has 1 aromatic rings. The summed E-state index contributed by atoms with van der Waals surface area (Å²) in [5.74, 6) is 1.59. The van der Waals surface area contributed by atoms with Crippen LogP contribution in [-0.2, 0) is 6.54 Å². The lowest BCUT2D eigenvalue weighted by Gasteiger charge is -2.25. The number of hydrogen-bond acceptors (Lipinski definition) is 3. The van der Waals surface area contributed by atoms with Crippen molar-refractivity contribution in [2.45, 2.75) is 20.4 Å². The minimum Gasteiger partial charge on any atom is -0.316 e. The third kappa shape index (κ3) is 3.51. The van der Waals surface area contributed by atoms with Gasteiger partial charge in [-0.05, 0) is 43.6 Å². The first kappa shape index (κ1) is 12.5. The van der Waals surface area contributed by atoms with Gasteiger partial charge in [-0.1, -0.05) is 19.9 Å². The molecular formula is C14H23N3. The van der Waals surface area contributed by atoms with Gasteiger partial charge in [0.2, 0.25) is 0 Å². The molecule has 94 valence electrons. The van der Waals surface area contributed by atoms with Crippen LogP contribution in [0, 0.1) is 11.8 Å². The number of hydrogen-bond donors (Lipinski definition) is 1. The van der Waals surface area contributed by atoms with Crippen LogP contribution in [0.25, 0.3) is 0 Å². The Bertz CT molecular complexity index is 325. The fourth-order valence-corrected chi connectivity index (χ4v) is 2.47. The zero-order chi connectivity index (χ0) is 12.1. The zero-order valence-corrected chi connectivity index (χ0v) is 10.9. The molecule has 2 atom stereocenters. The molecule has 0 radical (unpaired) electrons. The number of rotatable bonds is 5. The molecule has 2 heterocycles. The van der Waals surface area contributed by atoms with E-state index in [0.29, 0.717) is 0 Å². The lowest BCUT2D eigenvalue weighted by molar-refractivity contribution is 0.218. The summed E-state index contributed by atoms with van der Waals surface area (Å²) in [6.07, 6.45) is 1.88. The van der Waals surface area contributed by atoms with Crippen molar-refractivity contribution in [3.05, 3.63) is 30.1 Å². The van der Waals surface area contributed by atoms with Crippen LogP contribution in [0.3, 0.4) is 0 Å². The van der Waals surface area contributed by atoms with Gasteiger partial charge in [-0.15, -0.1) is 0 Å². The Balaban J connectivity index is 1.88. The van der Waals surface area contributed by atoms with Crippen LogP contribution in [0.5, 0.6) is 0 Å². The van der Waals surface area contributed by atoms with E-state index in [1.807, 2.05) is 12.3 Å². The van der Waals surface area contributed by atoms with Gasteiger partial charge in [0.25, 0.3) is 0 Å². The van der Waals surface area contributed by atoms with Crippen LogP contribution in [0.1, 0.15) is 19.5 Å². The lowest BCUT2D eigenvalue weighted by atomic mass is 9.97.